The van der Waals surface area contributed by atoms with E-state index in [4.69, 9.17) is 0 Å². The maximum absolute atomic E-state index is 4.55. The van der Waals surface area contributed by atoms with Gasteiger partial charge in [-0.3, -0.25) is 0 Å². The second-order valence-corrected chi connectivity index (χ2v) is 5.91. The summed E-state index contributed by atoms with van der Waals surface area (Å²) >= 11 is 3.49. The normalized spacial score (nSPS) is 11.1. The van der Waals surface area contributed by atoms with Gasteiger partial charge >= 0.3 is 0 Å². The molecule has 0 atom stereocenters. The smallest absolute Gasteiger partial charge is 0.132 e. The monoisotopic (exact) mass is 328 g/mol. The van der Waals surface area contributed by atoms with Gasteiger partial charge in [-0.05, 0) is 55.6 Å². The van der Waals surface area contributed by atoms with Gasteiger partial charge in [-0.25, -0.2) is 4.98 Å². The van der Waals surface area contributed by atoms with E-state index in [1.807, 2.05) is 6.20 Å². The van der Waals surface area contributed by atoms with Crippen LogP contribution in [-0.2, 0) is 6.54 Å². The maximum atomic E-state index is 4.55. The highest BCUT2D eigenvalue weighted by molar-refractivity contribution is 9.10. The van der Waals surface area contributed by atoms with Gasteiger partial charge in [-0.15, -0.1) is 0 Å². The summed E-state index contributed by atoms with van der Waals surface area (Å²) in [5.41, 5.74) is 1.24. The van der Waals surface area contributed by atoms with E-state index in [9.17, 15) is 0 Å². The minimum Gasteiger partial charge on any atom is -0.359 e. The van der Waals surface area contributed by atoms with E-state index in [1.165, 1.54) is 5.56 Å². The third-order valence-corrected chi connectivity index (χ3v) is 3.37. The average Bonchev–Trinajstić information content (AvgIpc) is 2.35. The van der Waals surface area contributed by atoms with Crippen molar-refractivity contribution < 1.29 is 0 Å². The van der Waals surface area contributed by atoms with Crippen LogP contribution in [0.2, 0.25) is 0 Å². The van der Waals surface area contributed by atoms with Crippen LogP contribution in [0, 0.1) is 0 Å². The van der Waals surface area contributed by atoms with Gasteiger partial charge in [0.1, 0.15) is 5.82 Å². The molecule has 0 unspecified atom stereocenters. The fourth-order valence-electron chi connectivity index (χ4n) is 1.94. The van der Waals surface area contributed by atoms with Gasteiger partial charge in [0.25, 0.3) is 0 Å². The summed E-state index contributed by atoms with van der Waals surface area (Å²) in [6.45, 7) is 6.06. The number of anilines is 1. The van der Waals surface area contributed by atoms with E-state index in [1.54, 1.807) is 0 Å². The molecule has 108 valence electrons. The molecule has 0 aliphatic carbocycles. The first-order valence-corrected chi connectivity index (χ1v) is 7.55. The molecule has 1 N–H and O–H groups in total. The van der Waals surface area contributed by atoms with Crippen LogP contribution in [0.5, 0.6) is 0 Å². The Morgan fingerprint density at radius 3 is 2.63 bits per heavy atom. The lowest BCUT2D eigenvalue weighted by Gasteiger charge is -2.22. The number of aromatic nitrogens is 1. The Morgan fingerprint density at radius 1 is 1.26 bits per heavy atom. The lowest BCUT2D eigenvalue weighted by molar-refractivity contribution is 0.401. The third kappa shape index (κ3) is 5.89. The van der Waals surface area contributed by atoms with Gasteiger partial charge in [0.2, 0.25) is 0 Å². The Labute approximate surface area is 125 Å². The molecule has 0 aliphatic heterocycles. The average molecular weight is 329 g/mol. The van der Waals surface area contributed by atoms with Crippen molar-refractivity contribution in [2.75, 3.05) is 45.7 Å². The zero-order valence-electron chi connectivity index (χ0n) is 12.4. The van der Waals surface area contributed by atoms with E-state index in [2.05, 4.69) is 70.2 Å². The van der Waals surface area contributed by atoms with Gasteiger partial charge < -0.3 is 15.1 Å². The summed E-state index contributed by atoms with van der Waals surface area (Å²) in [6.07, 6.45) is 3.01. The number of halogens is 1. The van der Waals surface area contributed by atoms with Crippen LogP contribution in [0.3, 0.4) is 0 Å². The van der Waals surface area contributed by atoms with Crippen LogP contribution in [-0.4, -0.2) is 50.7 Å². The van der Waals surface area contributed by atoms with Gasteiger partial charge in [0.05, 0.1) is 0 Å². The molecule has 0 aliphatic rings. The highest BCUT2D eigenvalue weighted by Crippen LogP contribution is 2.20. The Bertz CT molecular complexity index is 382. The van der Waals surface area contributed by atoms with Gasteiger partial charge in [-0.2, -0.15) is 0 Å². The van der Waals surface area contributed by atoms with E-state index >= 15 is 0 Å². The molecule has 19 heavy (non-hydrogen) atoms. The highest BCUT2D eigenvalue weighted by atomic mass is 79.9. The van der Waals surface area contributed by atoms with Crippen LogP contribution in [0.25, 0.3) is 0 Å². The van der Waals surface area contributed by atoms with Crippen LogP contribution in [0.15, 0.2) is 16.7 Å². The first-order valence-electron chi connectivity index (χ1n) is 6.75. The van der Waals surface area contributed by atoms with E-state index < -0.39 is 0 Å². The van der Waals surface area contributed by atoms with Crippen LogP contribution in [0.1, 0.15) is 18.9 Å². The van der Waals surface area contributed by atoms with Gasteiger partial charge in [0.15, 0.2) is 0 Å². The minimum atomic E-state index is 0.857. The number of hydrogen-bond donors (Lipinski definition) is 1. The second kappa shape index (κ2) is 8.51. The second-order valence-electron chi connectivity index (χ2n) is 4.99. The molecule has 1 aromatic rings. The molecular formula is C14H25BrN4. The third-order valence-electron chi connectivity index (χ3n) is 2.94. The fourth-order valence-corrected chi connectivity index (χ4v) is 2.32. The summed E-state index contributed by atoms with van der Waals surface area (Å²) in [5, 5.41) is 3.37. The topological polar surface area (TPSA) is 31.4 Å². The highest BCUT2D eigenvalue weighted by Gasteiger charge is 2.09. The summed E-state index contributed by atoms with van der Waals surface area (Å²) in [6, 6.07) is 2.15. The standard InChI is InChI=1S/C14H25BrN4/c1-5-16-10-12-9-13(15)11-17-14(12)19(4)8-6-7-18(2)3/h9,11,16H,5-8,10H2,1-4H3. The Kier molecular flexibility index (Phi) is 7.34. The first kappa shape index (κ1) is 16.4. The summed E-state index contributed by atoms with van der Waals surface area (Å²) in [7, 11) is 6.32. The zero-order valence-corrected chi connectivity index (χ0v) is 14.0. The Balaban J connectivity index is 2.68. The van der Waals surface area contributed by atoms with Crippen molar-refractivity contribution in [2.45, 2.75) is 19.9 Å². The van der Waals surface area contributed by atoms with Gasteiger partial charge in [-0.1, -0.05) is 6.92 Å². The molecule has 0 amide bonds. The zero-order chi connectivity index (χ0) is 14.3. The molecule has 0 bridgehead atoms. The molecule has 1 heterocycles. The molecule has 0 saturated carbocycles. The molecule has 1 rings (SSSR count). The van der Waals surface area contributed by atoms with Crippen LogP contribution in [0.4, 0.5) is 5.82 Å². The number of rotatable bonds is 8. The summed E-state index contributed by atoms with van der Waals surface area (Å²) in [4.78, 5) is 9.00. The van der Waals surface area contributed by atoms with Crippen molar-refractivity contribution in [3.63, 3.8) is 0 Å². The van der Waals surface area contributed by atoms with Gasteiger partial charge in [0, 0.05) is 36.4 Å². The molecule has 0 radical (unpaired) electrons. The van der Waals surface area contributed by atoms with E-state index in [-0.39, 0.29) is 0 Å². The number of nitrogens with zero attached hydrogens (tertiary/aromatic N) is 3. The molecule has 0 saturated heterocycles. The largest absolute Gasteiger partial charge is 0.359 e. The predicted molar refractivity (Wildman–Crippen MR) is 85.8 cm³/mol. The van der Waals surface area contributed by atoms with Crippen molar-refractivity contribution in [2.24, 2.45) is 0 Å². The summed E-state index contributed by atoms with van der Waals surface area (Å²) in [5.74, 6) is 1.07. The van der Waals surface area contributed by atoms with Crippen LogP contribution >= 0.6 is 15.9 Å². The first-order chi connectivity index (χ1) is 9.04. The SMILES string of the molecule is CCNCc1cc(Br)cnc1N(C)CCCN(C)C. The molecule has 1 aromatic heterocycles. The van der Waals surface area contributed by atoms with Crippen molar-refractivity contribution in [1.29, 1.82) is 0 Å². The van der Waals surface area contributed by atoms with Crippen LogP contribution < -0.4 is 10.2 Å². The molecular weight excluding hydrogens is 304 g/mol. The van der Waals surface area contributed by atoms with Crippen molar-refractivity contribution in [1.82, 2.24) is 15.2 Å². The lowest BCUT2D eigenvalue weighted by Crippen LogP contribution is -2.26. The number of pyridine rings is 1. The quantitative estimate of drug-likeness (QED) is 0.793. The fraction of sp³-hybridized carbons (Fsp3) is 0.643. The van der Waals surface area contributed by atoms with Crippen molar-refractivity contribution >= 4 is 21.7 Å². The minimum absolute atomic E-state index is 0.857. The van der Waals surface area contributed by atoms with E-state index in [0.29, 0.717) is 0 Å². The molecule has 4 nitrogen and oxygen atoms in total. The maximum Gasteiger partial charge on any atom is 0.132 e. The van der Waals surface area contributed by atoms with E-state index in [0.717, 1.165) is 42.9 Å². The van der Waals surface area contributed by atoms with Crippen molar-refractivity contribution in [3.05, 3.63) is 22.3 Å². The number of nitrogens with one attached hydrogen (secondary N) is 1. The molecule has 0 fully saturated rings. The molecule has 5 heteroatoms. The Morgan fingerprint density at radius 2 is 2.00 bits per heavy atom. The summed E-state index contributed by atoms with van der Waals surface area (Å²) < 4.78 is 1.03. The molecule has 0 spiro atoms. The Hall–Kier alpha value is -0.650. The van der Waals surface area contributed by atoms with Crippen molar-refractivity contribution in [3.8, 4) is 0 Å². The number of hydrogen-bond acceptors (Lipinski definition) is 4. The predicted octanol–water partition coefficient (Wildman–Crippen LogP) is 2.34. The molecule has 0 aromatic carbocycles. The lowest BCUT2D eigenvalue weighted by atomic mass is 10.2.